The normalized spacial score (nSPS) is 11.8. The van der Waals surface area contributed by atoms with Crippen LogP contribution in [-0.4, -0.2) is 23.0 Å². The second-order valence-corrected chi connectivity index (χ2v) is 4.73. The molecule has 0 saturated carbocycles. The van der Waals surface area contributed by atoms with Gasteiger partial charge in [0.1, 0.15) is 5.60 Å². The molecule has 0 amide bonds. The summed E-state index contributed by atoms with van der Waals surface area (Å²) in [6, 6.07) is 1.85. The minimum Gasteiger partial charge on any atom is -0.443 e. The first-order valence-corrected chi connectivity index (χ1v) is 5.39. The van der Waals surface area contributed by atoms with Crippen molar-refractivity contribution >= 4 is 18.9 Å². The van der Waals surface area contributed by atoms with Crippen LogP contribution in [0.3, 0.4) is 0 Å². The van der Waals surface area contributed by atoms with Crippen molar-refractivity contribution in [2.45, 2.75) is 33.3 Å². The number of carbonyl (C=O) groups is 1. The molecule has 0 spiro atoms. The van der Waals surface area contributed by atoms with Crippen molar-refractivity contribution in [2.75, 3.05) is 0 Å². The molecule has 0 N–H and O–H groups in total. The molecule has 92 valence electrons. The third-order valence-electron chi connectivity index (χ3n) is 2.07. The highest BCUT2D eigenvalue weighted by Crippen LogP contribution is 2.15. The van der Waals surface area contributed by atoms with Gasteiger partial charge in [-0.1, -0.05) is 0 Å². The first kappa shape index (κ1) is 13.2. The van der Waals surface area contributed by atoms with Crippen molar-refractivity contribution in [3.8, 4) is 0 Å². The van der Waals surface area contributed by atoms with E-state index in [1.807, 2.05) is 33.8 Å². The summed E-state index contributed by atoms with van der Waals surface area (Å²) in [5.41, 5.74) is 1.23. The third kappa shape index (κ3) is 3.59. The second-order valence-electron chi connectivity index (χ2n) is 4.73. The molecular formula is C13H18N2O2. The minimum absolute atomic E-state index is 0.394. The van der Waals surface area contributed by atoms with Gasteiger partial charge in [-0.15, -0.1) is 0 Å². The van der Waals surface area contributed by atoms with Crippen LogP contribution in [-0.2, 0) is 4.74 Å². The highest BCUT2D eigenvalue weighted by Gasteiger charge is 2.19. The standard InChI is InChI=1S/C13H18N2O2/c1-10-7-9-15(11(10)6-8-14-5)12(16)17-13(2,3)4/h6-9H,5H2,1-4H3/b8-6-. The van der Waals surface area contributed by atoms with Gasteiger partial charge >= 0.3 is 6.09 Å². The van der Waals surface area contributed by atoms with Crippen LogP contribution < -0.4 is 0 Å². The monoisotopic (exact) mass is 234 g/mol. The smallest absolute Gasteiger partial charge is 0.418 e. The Kier molecular flexibility index (Phi) is 3.89. The van der Waals surface area contributed by atoms with Gasteiger partial charge < -0.3 is 4.74 Å². The maximum Gasteiger partial charge on any atom is 0.418 e. The summed E-state index contributed by atoms with van der Waals surface area (Å²) in [5, 5.41) is 0. The van der Waals surface area contributed by atoms with E-state index in [0.29, 0.717) is 0 Å². The van der Waals surface area contributed by atoms with Gasteiger partial charge in [0.15, 0.2) is 0 Å². The lowest BCUT2D eigenvalue weighted by atomic mass is 10.2. The molecule has 0 aliphatic carbocycles. The third-order valence-corrected chi connectivity index (χ3v) is 2.07. The fourth-order valence-corrected chi connectivity index (χ4v) is 1.35. The molecule has 0 aliphatic rings. The minimum atomic E-state index is -0.507. The van der Waals surface area contributed by atoms with Gasteiger partial charge in [-0.2, -0.15) is 0 Å². The Labute approximate surface area is 102 Å². The van der Waals surface area contributed by atoms with Crippen molar-refractivity contribution in [3.05, 3.63) is 29.7 Å². The zero-order valence-electron chi connectivity index (χ0n) is 10.7. The fraction of sp³-hybridized carbons (Fsp3) is 0.385. The van der Waals surface area contributed by atoms with Crippen LogP contribution in [0.15, 0.2) is 23.5 Å². The number of nitrogens with zero attached hydrogens (tertiary/aromatic N) is 2. The maximum absolute atomic E-state index is 11.9. The Bertz CT molecular complexity index is 450. The molecule has 1 aromatic rings. The van der Waals surface area contributed by atoms with E-state index in [2.05, 4.69) is 11.7 Å². The highest BCUT2D eigenvalue weighted by atomic mass is 16.6. The first-order chi connectivity index (χ1) is 7.85. The SMILES string of the molecule is C=N/C=C\c1c(C)ccn1C(=O)OC(C)(C)C. The van der Waals surface area contributed by atoms with Crippen molar-refractivity contribution in [1.82, 2.24) is 4.57 Å². The van der Waals surface area contributed by atoms with E-state index in [0.717, 1.165) is 11.3 Å². The Hall–Kier alpha value is -1.84. The first-order valence-electron chi connectivity index (χ1n) is 5.39. The van der Waals surface area contributed by atoms with Gasteiger partial charge in [0.05, 0.1) is 5.69 Å². The Balaban J connectivity index is 3.02. The van der Waals surface area contributed by atoms with E-state index < -0.39 is 11.7 Å². The predicted octanol–water partition coefficient (Wildman–Crippen LogP) is 3.25. The summed E-state index contributed by atoms with van der Waals surface area (Å²) in [4.78, 5) is 15.5. The molecule has 0 aliphatic heterocycles. The van der Waals surface area contributed by atoms with Gasteiger partial charge in [-0.3, -0.25) is 9.56 Å². The van der Waals surface area contributed by atoms with E-state index in [-0.39, 0.29) is 0 Å². The number of ether oxygens (including phenoxy) is 1. The quantitative estimate of drug-likeness (QED) is 0.737. The van der Waals surface area contributed by atoms with Gasteiger partial charge in [-0.05, 0) is 52.1 Å². The molecule has 0 unspecified atom stereocenters. The fourth-order valence-electron chi connectivity index (χ4n) is 1.35. The van der Waals surface area contributed by atoms with Gasteiger partial charge in [0.25, 0.3) is 0 Å². The van der Waals surface area contributed by atoms with Crippen LogP contribution in [0.4, 0.5) is 4.79 Å². The number of hydrogen-bond acceptors (Lipinski definition) is 3. The van der Waals surface area contributed by atoms with E-state index >= 15 is 0 Å². The topological polar surface area (TPSA) is 43.6 Å². The molecule has 0 atom stereocenters. The Morgan fingerprint density at radius 2 is 2.18 bits per heavy atom. The predicted molar refractivity (Wildman–Crippen MR) is 69.4 cm³/mol. The van der Waals surface area contributed by atoms with E-state index in [1.165, 1.54) is 4.57 Å². The lowest BCUT2D eigenvalue weighted by Crippen LogP contribution is -2.27. The number of aryl methyl sites for hydroxylation is 1. The van der Waals surface area contributed by atoms with Crippen molar-refractivity contribution in [3.63, 3.8) is 0 Å². The van der Waals surface area contributed by atoms with E-state index in [9.17, 15) is 4.79 Å². The summed E-state index contributed by atoms with van der Waals surface area (Å²) in [5.74, 6) is 0. The molecule has 0 bridgehead atoms. The van der Waals surface area contributed by atoms with Gasteiger partial charge in [0.2, 0.25) is 0 Å². The van der Waals surface area contributed by atoms with Crippen LogP contribution in [0.2, 0.25) is 0 Å². The average molecular weight is 234 g/mol. The summed E-state index contributed by atoms with van der Waals surface area (Å²) < 4.78 is 6.76. The van der Waals surface area contributed by atoms with Crippen LogP contribution in [0.25, 0.3) is 6.08 Å². The van der Waals surface area contributed by atoms with Crippen molar-refractivity contribution in [2.24, 2.45) is 4.99 Å². The molecule has 4 heteroatoms. The van der Waals surface area contributed by atoms with Gasteiger partial charge in [0, 0.05) is 12.4 Å². The van der Waals surface area contributed by atoms with Crippen LogP contribution in [0.1, 0.15) is 32.0 Å². The van der Waals surface area contributed by atoms with Crippen LogP contribution in [0, 0.1) is 6.92 Å². The average Bonchev–Trinajstić information content (AvgIpc) is 2.54. The maximum atomic E-state index is 11.9. The highest BCUT2D eigenvalue weighted by molar-refractivity contribution is 5.75. The van der Waals surface area contributed by atoms with Crippen LogP contribution >= 0.6 is 0 Å². The summed E-state index contributed by atoms with van der Waals surface area (Å²) >= 11 is 0. The summed E-state index contributed by atoms with van der Waals surface area (Å²) in [6.45, 7) is 10.8. The Morgan fingerprint density at radius 3 is 2.71 bits per heavy atom. The van der Waals surface area contributed by atoms with Crippen molar-refractivity contribution < 1.29 is 9.53 Å². The van der Waals surface area contributed by atoms with Crippen molar-refractivity contribution in [1.29, 1.82) is 0 Å². The molecule has 4 nitrogen and oxygen atoms in total. The molecule has 1 heterocycles. The number of aliphatic imine (C=N–C) groups is 1. The number of aromatic nitrogens is 1. The number of carbonyl (C=O) groups excluding carboxylic acids is 1. The second kappa shape index (κ2) is 4.99. The molecule has 17 heavy (non-hydrogen) atoms. The van der Waals surface area contributed by atoms with E-state index in [1.54, 1.807) is 18.5 Å². The number of rotatable bonds is 2. The molecule has 0 fully saturated rings. The molecular weight excluding hydrogens is 216 g/mol. The number of hydrogen-bond donors (Lipinski definition) is 0. The summed E-state index contributed by atoms with van der Waals surface area (Å²) in [6.07, 6.45) is 4.57. The van der Waals surface area contributed by atoms with Gasteiger partial charge in [-0.25, -0.2) is 4.79 Å². The molecule has 1 aromatic heterocycles. The molecule has 0 aromatic carbocycles. The largest absolute Gasteiger partial charge is 0.443 e. The Morgan fingerprint density at radius 1 is 1.53 bits per heavy atom. The zero-order valence-corrected chi connectivity index (χ0v) is 10.7. The lowest BCUT2D eigenvalue weighted by Gasteiger charge is -2.20. The summed E-state index contributed by atoms with van der Waals surface area (Å²) in [7, 11) is 0. The molecule has 1 rings (SSSR count). The van der Waals surface area contributed by atoms with Crippen LogP contribution in [0.5, 0.6) is 0 Å². The lowest BCUT2D eigenvalue weighted by molar-refractivity contribution is 0.0536. The van der Waals surface area contributed by atoms with E-state index in [4.69, 9.17) is 4.74 Å². The molecule has 0 saturated heterocycles. The molecule has 0 radical (unpaired) electrons. The zero-order chi connectivity index (χ0) is 13.1.